The predicted molar refractivity (Wildman–Crippen MR) is 144 cm³/mol. The minimum atomic E-state index is -0.346. The molecule has 0 atom stereocenters. The zero-order valence-electron chi connectivity index (χ0n) is 20.1. The van der Waals surface area contributed by atoms with Crippen LogP contribution in [0.4, 0.5) is 5.13 Å². The number of hydrogen-bond donors (Lipinski definition) is 2. The van der Waals surface area contributed by atoms with Crippen molar-refractivity contribution in [2.45, 2.75) is 12.8 Å². The van der Waals surface area contributed by atoms with Gasteiger partial charge in [-0.3, -0.25) is 10.1 Å². The Hall–Kier alpha value is -3.87. The average Bonchev–Trinajstić information content (AvgIpc) is 3.60. The summed E-state index contributed by atoms with van der Waals surface area (Å²) in [5, 5.41) is 12.2. The van der Waals surface area contributed by atoms with Crippen LogP contribution in [0.1, 0.15) is 33.8 Å². The summed E-state index contributed by atoms with van der Waals surface area (Å²) in [6.07, 6.45) is 8.89. The lowest BCUT2D eigenvalue weighted by Gasteiger charge is -2.20. The van der Waals surface area contributed by atoms with Crippen LogP contribution in [0.15, 0.2) is 48.8 Å². The van der Waals surface area contributed by atoms with E-state index in [2.05, 4.69) is 32.3 Å². The van der Waals surface area contributed by atoms with Gasteiger partial charge >= 0.3 is 0 Å². The van der Waals surface area contributed by atoms with Crippen LogP contribution in [-0.4, -0.2) is 47.2 Å². The molecule has 1 saturated carbocycles. The van der Waals surface area contributed by atoms with Gasteiger partial charge in [-0.25, -0.2) is 4.98 Å². The molecule has 4 rings (SSSR count). The number of carbonyl (C=O) groups excluding carboxylic acids is 1. The molecular weight excluding hydrogens is 496 g/mol. The van der Waals surface area contributed by atoms with Crippen LogP contribution < -0.4 is 15.8 Å². The van der Waals surface area contributed by atoms with Gasteiger partial charge < -0.3 is 15.4 Å². The normalized spacial score (nSPS) is 13.3. The highest BCUT2D eigenvalue weighted by atomic mass is 35.5. The molecule has 184 valence electrons. The van der Waals surface area contributed by atoms with Crippen molar-refractivity contribution in [2.75, 3.05) is 26.5 Å². The molecule has 1 aromatic carbocycles. The highest BCUT2D eigenvalue weighted by Gasteiger charge is 2.21. The van der Waals surface area contributed by atoms with E-state index in [1.807, 2.05) is 37.2 Å². The summed E-state index contributed by atoms with van der Waals surface area (Å²) in [5.74, 6) is 6.77. The first-order valence-electron chi connectivity index (χ1n) is 11.2. The van der Waals surface area contributed by atoms with E-state index >= 15 is 0 Å². The van der Waals surface area contributed by atoms with E-state index in [0.29, 0.717) is 38.5 Å². The number of anilines is 1. The number of carbonyl (C=O) groups is 1. The third-order valence-corrected chi connectivity index (χ3v) is 6.32. The Labute approximate surface area is 218 Å². The fourth-order valence-electron chi connectivity index (χ4n) is 3.45. The van der Waals surface area contributed by atoms with Crippen molar-refractivity contribution >= 4 is 39.7 Å². The highest BCUT2D eigenvalue weighted by Crippen LogP contribution is 2.36. The summed E-state index contributed by atoms with van der Waals surface area (Å²) >= 11 is 7.47. The topological polar surface area (TPSA) is 106 Å². The maximum absolute atomic E-state index is 13.4. The second-order valence-corrected chi connectivity index (χ2v) is 9.57. The molecule has 0 saturated heterocycles. The lowest BCUT2D eigenvalue weighted by Crippen LogP contribution is -2.15. The minimum absolute atomic E-state index is 0.278. The number of amides is 1. The number of allylic oxidation sites excluding steroid dienone is 2. The number of nitrogens with zero attached hydrogens (tertiary/aromatic N) is 4. The van der Waals surface area contributed by atoms with E-state index in [9.17, 15) is 4.79 Å². The van der Waals surface area contributed by atoms with E-state index < -0.39 is 0 Å². The summed E-state index contributed by atoms with van der Waals surface area (Å²) in [6.45, 7) is 0. The molecule has 0 bridgehead atoms. The molecule has 8 nitrogen and oxygen atoms in total. The molecule has 3 N–H and O–H groups in total. The van der Waals surface area contributed by atoms with Gasteiger partial charge in [0.1, 0.15) is 10.9 Å². The Balaban J connectivity index is 1.76. The standard InChI is InChI=1S/C26H25ClN6O2S/c1-33(2)21(5-4-12-28)17-9-10-18(19(13-17)20-14-23(27)29-15-22(20)35-3)25(34)30-26-32-31-24(36-26)11-8-16-6-7-16/h4-5,9-10,12-16H,6-7,28H2,1-3H3,(H,30,32,34)/b12-4-,21-5-. The van der Waals surface area contributed by atoms with Crippen molar-refractivity contribution in [3.63, 3.8) is 0 Å². The number of hydrogen-bond acceptors (Lipinski definition) is 8. The van der Waals surface area contributed by atoms with Gasteiger partial charge in [-0.15, -0.1) is 10.2 Å². The average molecular weight is 521 g/mol. The SMILES string of the molecule is COc1cnc(Cl)cc1-c1cc(/C(=C/C=C\N)N(C)C)ccc1C(=O)Nc1nnc(C#CC2CC2)s1. The van der Waals surface area contributed by atoms with Crippen LogP contribution in [0.2, 0.25) is 5.15 Å². The van der Waals surface area contributed by atoms with E-state index in [-0.39, 0.29) is 11.1 Å². The molecule has 1 amide bonds. The van der Waals surface area contributed by atoms with Gasteiger partial charge in [0, 0.05) is 36.8 Å². The van der Waals surface area contributed by atoms with E-state index in [4.69, 9.17) is 22.1 Å². The Morgan fingerprint density at radius 2 is 2.08 bits per heavy atom. The van der Waals surface area contributed by atoms with Crippen molar-refractivity contribution in [3.05, 3.63) is 70.1 Å². The Morgan fingerprint density at radius 1 is 1.28 bits per heavy atom. The van der Waals surface area contributed by atoms with Crippen molar-refractivity contribution < 1.29 is 9.53 Å². The third kappa shape index (κ3) is 6.03. The number of nitrogens with one attached hydrogen (secondary N) is 1. The largest absolute Gasteiger partial charge is 0.494 e. The molecular formula is C26H25ClN6O2S. The van der Waals surface area contributed by atoms with Crippen LogP contribution in [0, 0.1) is 17.8 Å². The Bertz CT molecular complexity index is 1400. The molecule has 0 radical (unpaired) electrons. The number of aromatic nitrogens is 3. The van der Waals surface area contributed by atoms with Gasteiger partial charge in [-0.2, -0.15) is 0 Å². The summed E-state index contributed by atoms with van der Waals surface area (Å²) in [5.41, 5.74) is 8.98. The fourth-order valence-corrected chi connectivity index (χ4v) is 4.20. The lowest BCUT2D eigenvalue weighted by atomic mass is 9.95. The number of nitrogens with two attached hydrogens (primary N) is 1. The fraction of sp³-hybridized carbons (Fsp3) is 0.231. The van der Waals surface area contributed by atoms with Gasteiger partial charge in [-0.1, -0.05) is 34.9 Å². The van der Waals surface area contributed by atoms with Gasteiger partial charge in [0.05, 0.1) is 13.3 Å². The van der Waals surface area contributed by atoms with Crippen molar-refractivity contribution in [1.29, 1.82) is 0 Å². The first-order valence-corrected chi connectivity index (χ1v) is 12.4. The first kappa shape index (κ1) is 25.2. The van der Waals surface area contributed by atoms with Gasteiger partial charge in [0.25, 0.3) is 5.91 Å². The first-order chi connectivity index (χ1) is 17.4. The molecule has 0 spiro atoms. The van der Waals surface area contributed by atoms with Crippen LogP contribution in [0.3, 0.4) is 0 Å². The second kappa shape index (κ2) is 11.2. The van der Waals surface area contributed by atoms with Gasteiger partial charge in [0.2, 0.25) is 5.13 Å². The molecule has 10 heteroatoms. The van der Waals surface area contributed by atoms with Gasteiger partial charge in [0.15, 0.2) is 5.01 Å². The molecule has 1 aliphatic rings. The number of ether oxygens (including phenoxy) is 1. The number of benzene rings is 1. The Morgan fingerprint density at radius 3 is 2.78 bits per heavy atom. The molecule has 3 aromatic rings. The third-order valence-electron chi connectivity index (χ3n) is 5.36. The van der Waals surface area contributed by atoms with Crippen molar-refractivity contribution in [3.8, 4) is 28.7 Å². The maximum Gasteiger partial charge on any atom is 0.258 e. The lowest BCUT2D eigenvalue weighted by molar-refractivity contribution is 0.102. The summed E-state index contributed by atoms with van der Waals surface area (Å²) < 4.78 is 5.53. The van der Waals surface area contributed by atoms with Gasteiger partial charge in [-0.05, 0) is 66.4 Å². The molecule has 2 heterocycles. The summed E-state index contributed by atoms with van der Waals surface area (Å²) in [4.78, 5) is 19.5. The predicted octanol–water partition coefficient (Wildman–Crippen LogP) is 4.65. The number of halogens is 1. The zero-order chi connectivity index (χ0) is 25.7. The van der Waals surface area contributed by atoms with Crippen LogP contribution >= 0.6 is 22.9 Å². The maximum atomic E-state index is 13.4. The van der Waals surface area contributed by atoms with E-state index in [1.165, 1.54) is 23.7 Å². The summed E-state index contributed by atoms with van der Waals surface area (Å²) in [7, 11) is 5.40. The monoisotopic (exact) mass is 520 g/mol. The quantitative estimate of drug-likeness (QED) is 0.265. The molecule has 1 fully saturated rings. The Kier molecular flexibility index (Phi) is 7.88. The molecule has 0 aliphatic heterocycles. The molecule has 0 unspecified atom stereocenters. The molecule has 1 aliphatic carbocycles. The number of rotatable bonds is 7. The number of methoxy groups -OCH3 is 1. The van der Waals surface area contributed by atoms with Crippen LogP contribution in [-0.2, 0) is 0 Å². The van der Waals surface area contributed by atoms with E-state index in [0.717, 1.165) is 24.1 Å². The minimum Gasteiger partial charge on any atom is -0.494 e. The number of pyridine rings is 1. The smallest absolute Gasteiger partial charge is 0.258 e. The van der Waals surface area contributed by atoms with E-state index in [1.54, 1.807) is 25.3 Å². The van der Waals surface area contributed by atoms with Crippen LogP contribution in [0.5, 0.6) is 5.75 Å². The highest BCUT2D eigenvalue weighted by molar-refractivity contribution is 7.15. The second-order valence-electron chi connectivity index (χ2n) is 8.21. The van der Waals surface area contributed by atoms with Crippen molar-refractivity contribution in [2.24, 2.45) is 11.7 Å². The molecule has 2 aromatic heterocycles. The van der Waals surface area contributed by atoms with Crippen LogP contribution in [0.25, 0.3) is 16.8 Å². The zero-order valence-corrected chi connectivity index (χ0v) is 21.7. The van der Waals surface area contributed by atoms with Crippen molar-refractivity contribution in [1.82, 2.24) is 20.1 Å². The summed E-state index contributed by atoms with van der Waals surface area (Å²) in [6, 6.07) is 7.21. The molecule has 36 heavy (non-hydrogen) atoms.